The van der Waals surface area contributed by atoms with Crippen molar-refractivity contribution in [2.24, 2.45) is 11.8 Å². The second-order valence-electron chi connectivity index (χ2n) is 8.16. The number of piperidine rings is 1. The third kappa shape index (κ3) is 4.97. The number of amides is 1. The van der Waals surface area contributed by atoms with Gasteiger partial charge in [-0.05, 0) is 45.1 Å². The van der Waals surface area contributed by atoms with Crippen molar-refractivity contribution in [3.8, 4) is 0 Å². The standard InChI is InChI=1S/C20H32N2O2/c1-14-12-22(13-17-10-8-7-9-11-17)16(3)18(15(14)2)21-19(23)24-20(4,5)6/h7-11,14-16,18H,12-13H2,1-6H3,(H,21,23). The minimum Gasteiger partial charge on any atom is -0.444 e. The summed E-state index contributed by atoms with van der Waals surface area (Å²) in [6.45, 7) is 14.3. The van der Waals surface area contributed by atoms with Crippen molar-refractivity contribution >= 4 is 6.09 Å². The molecule has 4 unspecified atom stereocenters. The van der Waals surface area contributed by atoms with Gasteiger partial charge in [0, 0.05) is 19.1 Å². The van der Waals surface area contributed by atoms with Gasteiger partial charge in [0.05, 0.1) is 6.04 Å². The molecule has 0 aromatic heterocycles. The molecule has 0 bridgehead atoms. The molecule has 4 atom stereocenters. The molecular weight excluding hydrogens is 300 g/mol. The van der Waals surface area contributed by atoms with Crippen molar-refractivity contribution in [2.75, 3.05) is 6.54 Å². The highest BCUT2D eigenvalue weighted by atomic mass is 16.6. The number of likely N-dealkylation sites (tertiary alicyclic amines) is 1. The summed E-state index contributed by atoms with van der Waals surface area (Å²) in [6.07, 6.45) is -0.319. The lowest BCUT2D eigenvalue weighted by atomic mass is 9.80. The van der Waals surface area contributed by atoms with E-state index < -0.39 is 5.60 Å². The van der Waals surface area contributed by atoms with Crippen LogP contribution in [0, 0.1) is 11.8 Å². The molecule has 24 heavy (non-hydrogen) atoms. The molecule has 1 heterocycles. The van der Waals surface area contributed by atoms with Gasteiger partial charge in [-0.15, -0.1) is 0 Å². The van der Waals surface area contributed by atoms with E-state index in [0.29, 0.717) is 11.8 Å². The Hall–Kier alpha value is -1.55. The summed E-state index contributed by atoms with van der Waals surface area (Å²) in [5.74, 6) is 0.935. The highest BCUT2D eigenvalue weighted by Gasteiger charge is 2.38. The van der Waals surface area contributed by atoms with Crippen LogP contribution in [0.25, 0.3) is 0 Å². The van der Waals surface area contributed by atoms with E-state index in [1.165, 1.54) is 5.56 Å². The number of nitrogens with one attached hydrogen (secondary N) is 1. The van der Waals surface area contributed by atoms with Crippen LogP contribution in [0.5, 0.6) is 0 Å². The molecule has 1 fully saturated rings. The van der Waals surface area contributed by atoms with Crippen LogP contribution < -0.4 is 5.32 Å². The van der Waals surface area contributed by atoms with Gasteiger partial charge in [-0.3, -0.25) is 4.90 Å². The third-order valence-electron chi connectivity index (χ3n) is 4.99. The van der Waals surface area contributed by atoms with E-state index in [2.05, 4.69) is 55.3 Å². The summed E-state index contributed by atoms with van der Waals surface area (Å²) in [4.78, 5) is 14.7. The maximum Gasteiger partial charge on any atom is 0.407 e. The van der Waals surface area contributed by atoms with E-state index in [-0.39, 0.29) is 18.2 Å². The smallest absolute Gasteiger partial charge is 0.407 e. The highest BCUT2D eigenvalue weighted by molar-refractivity contribution is 5.68. The number of benzene rings is 1. The molecule has 1 aromatic carbocycles. The molecule has 0 aliphatic carbocycles. The third-order valence-corrected chi connectivity index (χ3v) is 4.99. The highest BCUT2D eigenvalue weighted by Crippen LogP contribution is 2.29. The first-order valence-corrected chi connectivity index (χ1v) is 8.95. The normalized spacial score (nSPS) is 28.4. The Morgan fingerprint density at radius 1 is 1.21 bits per heavy atom. The van der Waals surface area contributed by atoms with Crippen LogP contribution in [0.1, 0.15) is 47.1 Å². The van der Waals surface area contributed by atoms with Gasteiger partial charge in [-0.1, -0.05) is 44.2 Å². The Kier molecular flexibility index (Phi) is 5.92. The second kappa shape index (κ2) is 7.56. The molecule has 0 radical (unpaired) electrons. The Labute approximate surface area is 146 Å². The van der Waals surface area contributed by atoms with Crippen molar-refractivity contribution < 1.29 is 9.53 Å². The molecule has 2 rings (SSSR count). The SMILES string of the molecule is CC1CN(Cc2ccccc2)C(C)C(NC(=O)OC(C)(C)C)C1C. The number of hydrogen-bond donors (Lipinski definition) is 1. The maximum absolute atomic E-state index is 12.2. The molecule has 0 saturated carbocycles. The summed E-state index contributed by atoms with van der Waals surface area (Å²) < 4.78 is 5.46. The zero-order chi connectivity index (χ0) is 17.9. The lowest BCUT2D eigenvalue weighted by molar-refractivity contribution is 0.0197. The van der Waals surface area contributed by atoms with Crippen LogP contribution in [0.2, 0.25) is 0 Å². The average molecular weight is 332 g/mol. The van der Waals surface area contributed by atoms with Crippen LogP contribution in [-0.2, 0) is 11.3 Å². The predicted molar refractivity (Wildman–Crippen MR) is 97.8 cm³/mol. The minimum absolute atomic E-state index is 0.0901. The van der Waals surface area contributed by atoms with Crippen molar-refractivity contribution in [1.29, 1.82) is 0 Å². The first-order chi connectivity index (χ1) is 11.2. The quantitative estimate of drug-likeness (QED) is 0.907. The van der Waals surface area contributed by atoms with Gasteiger partial charge in [0.2, 0.25) is 0 Å². The molecule has 1 aromatic rings. The molecular formula is C20H32N2O2. The summed E-state index contributed by atoms with van der Waals surface area (Å²) in [5.41, 5.74) is 0.836. The van der Waals surface area contributed by atoms with Crippen LogP contribution >= 0.6 is 0 Å². The van der Waals surface area contributed by atoms with Gasteiger partial charge in [-0.25, -0.2) is 4.79 Å². The fourth-order valence-corrected chi connectivity index (χ4v) is 3.44. The largest absolute Gasteiger partial charge is 0.444 e. The number of nitrogens with zero attached hydrogens (tertiary/aromatic N) is 1. The lowest BCUT2D eigenvalue weighted by Crippen LogP contribution is -2.60. The van der Waals surface area contributed by atoms with Crippen LogP contribution in [0.4, 0.5) is 4.79 Å². The molecule has 1 saturated heterocycles. The number of carbonyl (C=O) groups excluding carboxylic acids is 1. The van der Waals surface area contributed by atoms with Gasteiger partial charge < -0.3 is 10.1 Å². The summed E-state index contributed by atoms with van der Waals surface area (Å²) in [6, 6.07) is 10.9. The Morgan fingerprint density at radius 2 is 1.83 bits per heavy atom. The van der Waals surface area contributed by atoms with E-state index in [0.717, 1.165) is 13.1 Å². The fraction of sp³-hybridized carbons (Fsp3) is 0.650. The lowest BCUT2D eigenvalue weighted by Gasteiger charge is -2.46. The maximum atomic E-state index is 12.2. The monoisotopic (exact) mass is 332 g/mol. The molecule has 134 valence electrons. The predicted octanol–water partition coefficient (Wildman–Crippen LogP) is 4.06. The van der Waals surface area contributed by atoms with Crippen molar-refractivity contribution in [1.82, 2.24) is 10.2 Å². The van der Waals surface area contributed by atoms with E-state index in [1.54, 1.807) is 0 Å². The topological polar surface area (TPSA) is 41.6 Å². The van der Waals surface area contributed by atoms with E-state index >= 15 is 0 Å². The first kappa shape index (κ1) is 18.8. The number of carbonyl (C=O) groups is 1. The van der Waals surface area contributed by atoms with Crippen LogP contribution in [0.15, 0.2) is 30.3 Å². The number of ether oxygens (including phenoxy) is 1. The van der Waals surface area contributed by atoms with Gasteiger partial charge in [0.25, 0.3) is 0 Å². The van der Waals surface area contributed by atoms with Gasteiger partial charge in [0.15, 0.2) is 0 Å². The first-order valence-electron chi connectivity index (χ1n) is 8.95. The average Bonchev–Trinajstić information content (AvgIpc) is 2.48. The molecule has 4 heteroatoms. The second-order valence-corrected chi connectivity index (χ2v) is 8.16. The summed E-state index contributed by atoms with van der Waals surface area (Å²) in [7, 11) is 0. The Morgan fingerprint density at radius 3 is 2.42 bits per heavy atom. The molecule has 0 spiro atoms. The van der Waals surface area contributed by atoms with Gasteiger partial charge >= 0.3 is 6.09 Å². The van der Waals surface area contributed by atoms with Crippen molar-refractivity contribution in [2.45, 2.75) is 65.8 Å². The van der Waals surface area contributed by atoms with Crippen molar-refractivity contribution in [3.05, 3.63) is 35.9 Å². The molecule has 1 N–H and O–H groups in total. The van der Waals surface area contributed by atoms with E-state index in [1.807, 2.05) is 26.8 Å². The van der Waals surface area contributed by atoms with Crippen molar-refractivity contribution in [3.63, 3.8) is 0 Å². The van der Waals surface area contributed by atoms with Gasteiger partial charge in [-0.2, -0.15) is 0 Å². The van der Waals surface area contributed by atoms with E-state index in [4.69, 9.17) is 4.74 Å². The summed E-state index contributed by atoms with van der Waals surface area (Å²) in [5, 5.41) is 3.12. The fourth-order valence-electron chi connectivity index (χ4n) is 3.44. The number of hydrogen-bond acceptors (Lipinski definition) is 3. The Bertz CT molecular complexity index is 538. The molecule has 1 aliphatic heterocycles. The molecule has 4 nitrogen and oxygen atoms in total. The Balaban J connectivity index is 2.07. The number of rotatable bonds is 3. The molecule has 1 aliphatic rings. The number of alkyl carbamates (subject to hydrolysis) is 1. The van der Waals surface area contributed by atoms with Crippen LogP contribution in [0.3, 0.4) is 0 Å². The summed E-state index contributed by atoms with van der Waals surface area (Å²) >= 11 is 0. The molecule has 1 amide bonds. The zero-order valence-corrected chi connectivity index (χ0v) is 15.9. The van der Waals surface area contributed by atoms with E-state index in [9.17, 15) is 4.79 Å². The zero-order valence-electron chi connectivity index (χ0n) is 15.9. The van der Waals surface area contributed by atoms with Crippen LogP contribution in [-0.4, -0.2) is 35.2 Å². The minimum atomic E-state index is -0.472. The van der Waals surface area contributed by atoms with Gasteiger partial charge in [0.1, 0.15) is 5.60 Å².